The molecule has 0 atom stereocenters. The van der Waals surface area contributed by atoms with E-state index in [-0.39, 0.29) is 11.5 Å². The number of phenols is 2. The molecule has 2 aromatic heterocycles. The Morgan fingerprint density at radius 1 is 0.500 bits per heavy atom. The predicted molar refractivity (Wildman–Crippen MR) is 163 cm³/mol. The monoisotopic (exact) mass is 513 g/mol. The van der Waals surface area contributed by atoms with Gasteiger partial charge in [0.15, 0.2) is 5.82 Å². The maximum Gasteiger partial charge on any atom is 0.163 e. The van der Waals surface area contributed by atoms with Crippen LogP contribution >= 0.6 is 0 Å². The van der Waals surface area contributed by atoms with Gasteiger partial charge in [-0.15, -0.1) is 0 Å². The number of nitrogens with zero attached hydrogens (tertiary/aromatic N) is 3. The van der Waals surface area contributed by atoms with Gasteiger partial charge in [-0.1, -0.05) is 104 Å². The molecule has 202 valence electrons. The van der Waals surface area contributed by atoms with Gasteiger partial charge in [-0.05, 0) is 42.5 Å². The lowest BCUT2D eigenvalue weighted by molar-refractivity contribution is 0.476. The first kappa shape index (κ1) is 33.8. The fraction of sp³-hybridized carbons (Fsp3) is 0.242. The molecule has 0 aliphatic carbocycles. The van der Waals surface area contributed by atoms with Crippen LogP contribution in [-0.2, 0) is 0 Å². The van der Waals surface area contributed by atoms with Crippen molar-refractivity contribution < 1.29 is 10.2 Å². The van der Waals surface area contributed by atoms with Gasteiger partial charge in [0.05, 0.1) is 16.8 Å². The first-order valence-electron chi connectivity index (χ1n) is 13.4. The van der Waals surface area contributed by atoms with Crippen LogP contribution in [0, 0.1) is 0 Å². The first-order valence-corrected chi connectivity index (χ1v) is 13.4. The Morgan fingerprint density at radius 2 is 1.00 bits per heavy atom. The summed E-state index contributed by atoms with van der Waals surface area (Å²) in [6, 6.07) is 27.6. The number of phenolic OH excluding ortho intramolecular Hbond substituents is 2. The predicted octanol–water partition coefficient (Wildman–Crippen LogP) is 9.56. The van der Waals surface area contributed by atoms with Crippen molar-refractivity contribution in [2.75, 3.05) is 0 Å². The molecule has 5 rings (SSSR count). The quantitative estimate of drug-likeness (QED) is 0.246. The van der Waals surface area contributed by atoms with Crippen LogP contribution < -0.4 is 0 Å². The minimum atomic E-state index is 0.197. The van der Waals surface area contributed by atoms with Crippen molar-refractivity contribution in [3.05, 3.63) is 103 Å². The highest BCUT2D eigenvalue weighted by Gasteiger charge is 2.06. The summed E-state index contributed by atoms with van der Waals surface area (Å²) in [6.45, 7) is 16.0. The van der Waals surface area contributed by atoms with Crippen LogP contribution in [0.3, 0.4) is 0 Å². The van der Waals surface area contributed by atoms with Gasteiger partial charge in [-0.2, -0.15) is 0 Å². The summed E-state index contributed by atoms with van der Waals surface area (Å²) >= 11 is 0. The molecule has 0 saturated heterocycles. The molecule has 0 bridgehead atoms. The Labute approximate surface area is 228 Å². The molecular formula is C33H43N3O2. The number of rotatable bonds is 2. The van der Waals surface area contributed by atoms with E-state index >= 15 is 0 Å². The molecule has 5 nitrogen and oxygen atoms in total. The summed E-state index contributed by atoms with van der Waals surface area (Å²) in [5.74, 6) is 1.01. The molecule has 5 heteroatoms. The standard InChI is InChI=1S/C14H10N2O.C11H9NO.4C2H6/c17-13-8-4-2-6-11(13)14-15-9-10-5-1-3-7-12(10)16-14;13-11-7-2-1-5-9(11)10-6-3-4-8-12-10;4*1-2/h1-9,17H;1-8,13H;4*1-2H3. The highest BCUT2D eigenvalue weighted by molar-refractivity contribution is 5.80. The van der Waals surface area contributed by atoms with Crippen LogP contribution in [0.4, 0.5) is 0 Å². The van der Waals surface area contributed by atoms with Gasteiger partial charge in [0.1, 0.15) is 11.5 Å². The second-order valence-corrected chi connectivity index (χ2v) is 6.50. The van der Waals surface area contributed by atoms with E-state index in [0.717, 1.165) is 22.2 Å². The van der Waals surface area contributed by atoms with Crippen LogP contribution in [0.1, 0.15) is 55.4 Å². The van der Waals surface area contributed by atoms with E-state index < -0.39 is 0 Å². The Bertz CT molecular complexity index is 1280. The van der Waals surface area contributed by atoms with Gasteiger partial charge in [0.25, 0.3) is 0 Å². The van der Waals surface area contributed by atoms with Crippen LogP contribution in [-0.4, -0.2) is 25.2 Å². The lowest BCUT2D eigenvalue weighted by atomic mass is 10.1. The van der Waals surface area contributed by atoms with E-state index in [2.05, 4.69) is 15.0 Å². The average Bonchev–Trinajstić information content (AvgIpc) is 3.02. The summed E-state index contributed by atoms with van der Waals surface area (Å²) in [5.41, 5.74) is 3.09. The number of benzene rings is 3. The number of hydrogen-bond acceptors (Lipinski definition) is 5. The second-order valence-electron chi connectivity index (χ2n) is 6.50. The average molecular weight is 514 g/mol. The van der Waals surface area contributed by atoms with E-state index in [1.165, 1.54) is 0 Å². The number of aromatic hydroxyl groups is 2. The van der Waals surface area contributed by atoms with Crippen molar-refractivity contribution >= 4 is 10.9 Å². The Kier molecular flexibility index (Phi) is 18.6. The van der Waals surface area contributed by atoms with Crippen molar-refractivity contribution in [2.24, 2.45) is 0 Å². The van der Waals surface area contributed by atoms with Crippen molar-refractivity contribution in [3.8, 4) is 34.1 Å². The van der Waals surface area contributed by atoms with Crippen LogP contribution in [0.2, 0.25) is 0 Å². The van der Waals surface area contributed by atoms with Gasteiger partial charge in [-0.3, -0.25) is 4.98 Å². The zero-order valence-electron chi connectivity index (χ0n) is 24.1. The van der Waals surface area contributed by atoms with Crippen LogP contribution in [0.25, 0.3) is 33.5 Å². The molecule has 0 aliphatic rings. The van der Waals surface area contributed by atoms with Gasteiger partial charge < -0.3 is 10.2 Å². The SMILES string of the molecule is CC.CC.CC.CC.Oc1ccccc1-c1ccccn1.Oc1ccccc1-c1ncc2ccccc2n1. The highest BCUT2D eigenvalue weighted by Crippen LogP contribution is 2.27. The van der Waals surface area contributed by atoms with Gasteiger partial charge in [0.2, 0.25) is 0 Å². The summed E-state index contributed by atoms with van der Waals surface area (Å²) in [7, 11) is 0. The molecular weight excluding hydrogens is 470 g/mol. The molecule has 38 heavy (non-hydrogen) atoms. The fourth-order valence-corrected chi connectivity index (χ4v) is 2.98. The maximum absolute atomic E-state index is 9.76. The smallest absolute Gasteiger partial charge is 0.163 e. The Morgan fingerprint density at radius 3 is 1.55 bits per heavy atom. The molecule has 2 heterocycles. The van der Waals surface area contributed by atoms with Crippen molar-refractivity contribution in [1.29, 1.82) is 0 Å². The number of para-hydroxylation sites is 3. The van der Waals surface area contributed by atoms with E-state index in [1.54, 1.807) is 42.7 Å². The molecule has 0 unspecified atom stereocenters. The highest BCUT2D eigenvalue weighted by atomic mass is 16.3. The minimum absolute atomic E-state index is 0.197. The number of hydrogen-bond donors (Lipinski definition) is 2. The third kappa shape index (κ3) is 10.4. The third-order valence-corrected chi connectivity index (χ3v) is 4.48. The second kappa shape index (κ2) is 20.9. The third-order valence-electron chi connectivity index (χ3n) is 4.48. The zero-order chi connectivity index (χ0) is 28.8. The molecule has 5 aromatic rings. The number of fused-ring (bicyclic) bond motifs is 1. The van der Waals surface area contributed by atoms with E-state index in [4.69, 9.17) is 0 Å². The summed E-state index contributed by atoms with van der Waals surface area (Å²) in [6.07, 6.45) is 3.48. The lowest BCUT2D eigenvalue weighted by Crippen LogP contribution is -1.89. The van der Waals surface area contributed by atoms with Crippen molar-refractivity contribution in [3.63, 3.8) is 0 Å². The fourth-order valence-electron chi connectivity index (χ4n) is 2.98. The van der Waals surface area contributed by atoms with Gasteiger partial charge in [0, 0.05) is 23.3 Å². The summed E-state index contributed by atoms with van der Waals surface area (Å²) in [5, 5.41) is 20.3. The molecule has 0 spiro atoms. The topological polar surface area (TPSA) is 79.1 Å². The maximum atomic E-state index is 9.76. The molecule has 2 N–H and O–H groups in total. The first-order chi connectivity index (χ1) is 18.7. The number of pyridine rings is 1. The largest absolute Gasteiger partial charge is 0.507 e. The lowest BCUT2D eigenvalue weighted by Gasteiger charge is -2.03. The van der Waals surface area contributed by atoms with Crippen LogP contribution in [0.15, 0.2) is 103 Å². The molecule has 0 amide bonds. The molecule has 0 radical (unpaired) electrons. The minimum Gasteiger partial charge on any atom is -0.507 e. The molecule has 3 aromatic carbocycles. The van der Waals surface area contributed by atoms with Gasteiger partial charge >= 0.3 is 0 Å². The summed E-state index contributed by atoms with van der Waals surface area (Å²) in [4.78, 5) is 12.9. The Hall–Kier alpha value is -4.25. The number of aromatic nitrogens is 3. The normalized spacial score (nSPS) is 8.74. The summed E-state index contributed by atoms with van der Waals surface area (Å²) < 4.78 is 0. The van der Waals surface area contributed by atoms with Gasteiger partial charge in [-0.25, -0.2) is 9.97 Å². The zero-order valence-corrected chi connectivity index (χ0v) is 24.1. The molecule has 0 saturated carbocycles. The Balaban J connectivity index is 0.000000583. The van der Waals surface area contributed by atoms with Crippen molar-refractivity contribution in [2.45, 2.75) is 55.4 Å². The van der Waals surface area contributed by atoms with Crippen LogP contribution in [0.5, 0.6) is 11.5 Å². The van der Waals surface area contributed by atoms with E-state index in [9.17, 15) is 10.2 Å². The van der Waals surface area contributed by atoms with E-state index in [0.29, 0.717) is 11.4 Å². The van der Waals surface area contributed by atoms with E-state index in [1.807, 2.05) is 116 Å². The van der Waals surface area contributed by atoms with Crippen molar-refractivity contribution in [1.82, 2.24) is 15.0 Å². The molecule has 0 aliphatic heterocycles. The molecule has 0 fully saturated rings.